The molecule has 0 aliphatic heterocycles. The van der Waals surface area contributed by atoms with E-state index in [1.165, 1.54) is 12.8 Å². The highest BCUT2D eigenvalue weighted by molar-refractivity contribution is 5.46. The number of likely N-dealkylation sites (N-methyl/N-ethyl adjacent to an activating group) is 1. The monoisotopic (exact) mass is 155 g/mol. The molecule has 0 saturated carbocycles. The fourth-order valence-electron chi connectivity index (χ4n) is 0.724. The number of hydrogen-bond acceptors (Lipinski definition) is 1. The van der Waals surface area contributed by atoms with Gasteiger partial charge in [-0.1, -0.05) is 31.9 Å². The highest BCUT2D eigenvalue weighted by Gasteiger charge is 1.85. The van der Waals surface area contributed by atoms with Gasteiger partial charge in [0, 0.05) is 13.6 Å². The van der Waals surface area contributed by atoms with Crippen LogP contribution in [-0.2, 0) is 4.79 Å². The summed E-state index contributed by atoms with van der Waals surface area (Å²) < 4.78 is 0. The Morgan fingerprint density at radius 2 is 2.09 bits per heavy atom. The number of unbranched alkanes of at least 4 members (excludes halogenated alkanes) is 2. The largest absolute Gasteiger partial charge is 0.345 e. The zero-order valence-corrected chi connectivity index (χ0v) is 7.42. The summed E-state index contributed by atoms with van der Waals surface area (Å²) in [5.41, 5.74) is 0. The van der Waals surface area contributed by atoms with Crippen LogP contribution in [-0.4, -0.2) is 24.9 Å². The minimum absolute atomic E-state index is 0.729. The normalized spacial score (nSPS) is 10.4. The number of rotatable bonds is 6. The third-order valence-electron chi connectivity index (χ3n) is 1.46. The van der Waals surface area contributed by atoms with Crippen LogP contribution in [0.4, 0.5) is 0 Å². The van der Waals surface area contributed by atoms with Gasteiger partial charge in [0.1, 0.15) is 0 Å². The summed E-state index contributed by atoms with van der Waals surface area (Å²) >= 11 is 0. The lowest BCUT2D eigenvalue weighted by molar-refractivity contribution is -0.116. The van der Waals surface area contributed by atoms with Crippen molar-refractivity contribution in [3.05, 3.63) is 12.2 Å². The van der Waals surface area contributed by atoms with Crippen LogP contribution in [0.1, 0.15) is 26.2 Å². The second kappa shape index (κ2) is 7.32. The van der Waals surface area contributed by atoms with Crippen molar-refractivity contribution in [1.82, 2.24) is 4.90 Å². The minimum atomic E-state index is 0.729. The molecule has 0 radical (unpaired) electrons. The zero-order valence-electron chi connectivity index (χ0n) is 7.42. The molecule has 0 fully saturated rings. The van der Waals surface area contributed by atoms with Gasteiger partial charge in [-0.15, -0.1) is 0 Å². The first kappa shape index (κ1) is 10.2. The molecule has 0 heterocycles. The molecule has 2 nitrogen and oxygen atoms in total. The maximum Gasteiger partial charge on any atom is 0.209 e. The van der Waals surface area contributed by atoms with E-state index in [1.807, 2.05) is 6.08 Å². The maximum absolute atomic E-state index is 10.1. The smallest absolute Gasteiger partial charge is 0.209 e. The Bertz CT molecular complexity index is 121. The number of carbonyl (C=O) groups excluding carboxylic acids is 1. The lowest BCUT2D eigenvalue weighted by atomic mass is 10.2. The van der Waals surface area contributed by atoms with Crippen LogP contribution in [0.3, 0.4) is 0 Å². The number of hydrogen-bond donors (Lipinski definition) is 0. The van der Waals surface area contributed by atoms with E-state index in [0.717, 1.165) is 19.4 Å². The van der Waals surface area contributed by atoms with E-state index in [-0.39, 0.29) is 0 Å². The van der Waals surface area contributed by atoms with E-state index in [0.29, 0.717) is 0 Å². The Morgan fingerprint density at radius 1 is 1.36 bits per heavy atom. The third-order valence-corrected chi connectivity index (χ3v) is 1.46. The number of carbonyl (C=O) groups is 1. The van der Waals surface area contributed by atoms with E-state index in [2.05, 4.69) is 13.0 Å². The Hall–Kier alpha value is -0.790. The molecule has 0 saturated heterocycles. The molecule has 0 aliphatic rings. The summed E-state index contributed by atoms with van der Waals surface area (Å²) in [6.07, 6.45) is 8.59. The topological polar surface area (TPSA) is 20.3 Å². The van der Waals surface area contributed by atoms with Crippen molar-refractivity contribution in [3.63, 3.8) is 0 Å². The lowest BCUT2D eigenvalue weighted by Crippen LogP contribution is -2.14. The van der Waals surface area contributed by atoms with Gasteiger partial charge in [0.25, 0.3) is 0 Å². The average Bonchev–Trinajstić information content (AvgIpc) is 2.04. The molecule has 64 valence electrons. The van der Waals surface area contributed by atoms with Gasteiger partial charge >= 0.3 is 0 Å². The number of nitrogens with zero attached hydrogens (tertiary/aromatic N) is 1. The van der Waals surface area contributed by atoms with E-state index in [4.69, 9.17) is 0 Å². The fraction of sp³-hybridized carbons (Fsp3) is 0.667. The molecule has 0 aliphatic carbocycles. The summed E-state index contributed by atoms with van der Waals surface area (Å²) in [7, 11) is 1.77. The first-order valence-corrected chi connectivity index (χ1v) is 4.11. The van der Waals surface area contributed by atoms with Crippen LogP contribution in [0, 0.1) is 0 Å². The summed E-state index contributed by atoms with van der Waals surface area (Å²) in [5, 5.41) is 0. The van der Waals surface area contributed by atoms with Crippen molar-refractivity contribution in [2.24, 2.45) is 0 Å². The van der Waals surface area contributed by atoms with Crippen molar-refractivity contribution < 1.29 is 4.79 Å². The SMILES string of the molecule is CCCCC=CCN(C)C=O. The van der Waals surface area contributed by atoms with Gasteiger partial charge in [-0.3, -0.25) is 4.79 Å². The first-order valence-electron chi connectivity index (χ1n) is 4.11. The molecule has 1 amide bonds. The molecule has 0 atom stereocenters. The predicted molar refractivity (Wildman–Crippen MR) is 47.4 cm³/mol. The lowest BCUT2D eigenvalue weighted by Gasteiger charge is -2.04. The van der Waals surface area contributed by atoms with E-state index in [1.54, 1.807) is 11.9 Å². The number of allylic oxidation sites excluding steroid dienone is 1. The standard InChI is InChI=1S/C9H17NO/c1-3-4-5-6-7-8-10(2)9-11/h6-7,9H,3-5,8H2,1-2H3. The van der Waals surface area contributed by atoms with E-state index >= 15 is 0 Å². The highest BCUT2D eigenvalue weighted by Crippen LogP contribution is 1.94. The van der Waals surface area contributed by atoms with Crippen molar-refractivity contribution in [1.29, 1.82) is 0 Å². The quantitative estimate of drug-likeness (QED) is 0.325. The Balaban J connectivity index is 3.21. The second-order valence-corrected chi connectivity index (χ2v) is 2.66. The molecular weight excluding hydrogens is 138 g/mol. The van der Waals surface area contributed by atoms with Gasteiger partial charge in [0.2, 0.25) is 6.41 Å². The van der Waals surface area contributed by atoms with Crippen LogP contribution in [0.2, 0.25) is 0 Å². The number of amides is 1. The van der Waals surface area contributed by atoms with Crippen LogP contribution in [0.25, 0.3) is 0 Å². The van der Waals surface area contributed by atoms with Crippen LogP contribution < -0.4 is 0 Å². The Labute approximate surface area is 68.9 Å². The Kier molecular flexibility index (Phi) is 6.79. The van der Waals surface area contributed by atoms with Crippen LogP contribution in [0.5, 0.6) is 0 Å². The average molecular weight is 155 g/mol. The molecule has 0 bridgehead atoms. The zero-order chi connectivity index (χ0) is 8.53. The van der Waals surface area contributed by atoms with Gasteiger partial charge in [-0.25, -0.2) is 0 Å². The Morgan fingerprint density at radius 3 is 2.64 bits per heavy atom. The minimum Gasteiger partial charge on any atom is -0.345 e. The van der Waals surface area contributed by atoms with Gasteiger partial charge in [-0.05, 0) is 6.42 Å². The van der Waals surface area contributed by atoms with Crippen LogP contribution in [0.15, 0.2) is 12.2 Å². The molecule has 0 aromatic rings. The van der Waals surface area contributed by atoms with Gasteiger partial charge in [-0.2, -0.15) is 0 Å². The van der Waals surface area contributed by atoms with Gasteiger partial charge < -0.3 is 4.90 Å². The summed E-state index contributed by atoms with van der Waals surface area (Å²) in [4.78, 5) is 11.7. The molecule has 2 heteroatoms. The maximum atomic E-state index is 10.1. The molecule has 0 rings (SSSR count). The molecule has 0 aromatic carbocycles. The van der Waals surface area contributed by atoms with Gasteiger partial charge in [0.15, 0.2) is 0 Å². The second-order valence-electron chi connectivity index (χ2n) is 2.66. The van der Waals surface area contributed by atoms with Crippen molar-refractivity contribution in [2.45, 2.75) is 26.2 Å². The highest BCUT2D eigenvalue weighted by atomic mass is 16.1. The van der Waals surface area contributed by atoms with Crippen molar-refractivity contribution in [2.75, 3.05) is 13.6 Å². The molecule has 0 unspecified atom stereocenters. The van der Waals surface area contributed by atoms with Crippen molar-refractivity contribution in [3.8, 4) is 0 Å². The van der Waals surface area contributed by atoms with Crippen molar-refractivity contribution >= 4 is 6.41 Å². The summed E-state index contributed by atoms with van der Waals surface area (Å²) in [6.45, 7) is 2.90. The van der Waals surface area contributed by atoms with Gasteiger partial charge in [0.05, 0.1) is 0 Å². The van der Waals surface area contributed by atoms with E-state index in [9.17, 15) is 4.79 Å². The van der Waals surface area contributed by atoms with E-state index < -0.39 is 0 Å². The third kappa shape index (κ3) is 7.10. The molecule has 0 spiro atoms. The summed E-state index contributed by atoms with van der Waals surface area (Å²) in [6, 6.07) is 0. The van der Waals surface area contributed by atoms with Crippen LogP contribution >= 0.6 is 0 Å². The molecule has 0 aromatic heterocycles. The first-order chi connectivity index (χ1) is 5.31. The molecule has 11 heavy (non-hydrogen) atoms. The predicted octanol–water partition coefficient (Wildman–Crippen LogP) is 1.82. The molecular formula is C9H17NO. The fourth-order valence-corrected chi connectivity index (χ4v) is 0.724. The molecule has 0 N–H and O–H groups in total. The summed E-state index contributed by atoms with van der Waals surface area (Å²) in [5.74, 6) is 0.